The predicted molar refractivity (Wildman–Crippen MR) is 110 cm³/mol. The lowest BCUT2D eigenvalue weighted by atomic mass is 9.98. The maximum Gasteiger partial charge on any atom is 0.338 e. The average molecular weight is 371 g/mol. The van der Waals surface area contributed by atoms with E-state index in [4.69, 9.17) is 4.98 Å². The Morgan fingerprint density at radius 1 is 1.00 bits per heavy atom. The van der Waals surface area contributed by atoms with E-state index >= 15 is 0 Å². The summed E-state index contributed by atoms with van der Waals surface area (Å²) in [5, 5.41) is 15.3. The SMILES string of the molecule is Cc1ccc(-c2nc3c(C)cccc3c(C(=O)O)c2-n2nc(C)cc2C)cc1. The van der Waals surface area contributed by atoms with Crippen LogP contribution in [0.2, 0.25) is 0 Å². The number of aromatic carboxylic acids is 1. The number of aryl methyl sites for hydroxylation is 4. The van der Waals surface area contributed by atoms with Crippen molar-refractivity contribution in [3.05, 3.63) is 76.6 Å². The van der Waals surface area contributed by atoms with Gasteiger partial charge in [-0.1, -0.05) is 48.0 Å². The smallest absolute Gasteiger partial charge is 0.338 e. The molecule has 0 bridgehead atoms. The Morgan fingerprint density at radius 2 is 1.71 bits per heavy atom. The second-order valence-corrected chi connectivity index (χ2v) is 7.17. The van der Waals surface area contributed by atoms with Gasteiger partial charge in [0.1, 0.15) is 5.69 Å². The minimum absolute atomic E-state index is 0.218. The second-order valence-electron chi connectivity index (χ2n) is 7.17. The quantitative estimate of drug-likeness (QED) is 0.549. The molecule has 0 fully saturated rings. The van der Waals surface area contributed by atoms with Gasteiger partial charge in [0.05, 0.1) is 22.5 Å². The lowest BCUT2D eigenvalue weighted by molar-refractivity contribution is 0.0699. The molecule has 2 heterocycles. The number of nitrogens with zero attached hydrogens (tertiary/aromatic N) is 3. The van der Waals surface area contributed by atoms with Crippen molar-refractivity contribution in [3.8, 4) is 16.9 Å². The first-order valence-corrected chi connectivity index (χ1v) is 9.14. The van der Waals surface area contributed by atoms with Gasteiger partial charge in [0.2, 0.25) is 0 Å². The van der Waals surface area contributed by atoms with Crippen LogP contribution in [0.4, 0.5) is 0 Å². The minimum Gasteiger partial charge on any atom is -0.478 e. The van der Waals surface area contributed by atoms with Crippen LogP contribution in [0, 0.1) is 27.7 Å². The van der Waals surface area contributed by atoms with Crippen LogP contribution in [0.25, 0.3) is 27.8 Å². The molecule has 0 aliphatic carbocycles. The predicted octanol–water partition coefficient (Wildman–Crippen LogP) is 5.02. The van der Waals surface area contributed by atoms with Gasteiger partial charge in [-0.05, 0) is 39.3 Å². The number of pyridine rings is 1. The number of hydrogen-bond donors (Lipinski definition) is 1. The molecule has 4 rings (SSSR count). The number of carboxylic acid groups (broad SMARTS) is 1. The number of para-hydroxylation sites is 1. The van der Waals surface area contributed by atoms with E-state index in [1.807, 2.05) is 76.2 Å². The topological polar surface area (TPSA) is 68.0 Å². The number of aromatic nitrogens is 3. The van der Waals surface area contributed by atoms with Crippen LogP contribution in [0.5, 0.6) is 0 Å². The van der Waals surface area contributed by atoms with E-state index in [0.717, 1.165) is 28.1 Å². The molecule has 5 nitrogen and oxygen atoms in total. The third kappa shape index (κ3) is 2.85. The summed E-state index contributed by atoms with van der Waals surface area (Å²) < 4.78 is 1.70. The van der Waals surface area contributed by atoms with Crippen LogP contribution in [0.15, 0.2) is 48.5 Å². The first-order chi connectivity index (χ1) is 13.4. The van der Waals surface area contributed by atoms with E-state index in [1.54, 1.807) is 4.68 Å². The van der Waals surface area contributed by atoms with Gasteiger partial charge in [-0.3, -0.25) is 0 Å². The average Bonchev–Trinajstić information content (AvgIpc) is 2.99. The van der Waals surface area contributed by atoms with E-state index in [9.17, 15) is 9.90 Å². The Hall–Kier alpha value is -3.47. The highest BCUT2D eigenvalue weighted by Crippen LogP contribution is 2.35. The van der Waals surface area contributed by atoms with Crippen LogP contribution in [-0.4, -0.2) is 25.8 Å². The van der Waals surface area contributed by atoms with Crippen LogP contribution < -0.4 is 0 Å². The van der Waals surface area contributed by atoms with Gasteiger partial charge in [-0.15, -0.1) is 0 Å². The zero-order valence-electron chi connectivity index (χ0n) is 16.3. The normalized spacial score (nSPS) is 11.1. The molecule has 2 aromatic heterocycles. The van der Waals surface area contributed by atoms with Crippen molar-refractivity contribution in [2.45, 2.75) is 27.7 Å². The Morgan fingerprint density at radius 3 is 2.32 bits per heavy atom. The van der Waals surface area contributed by atoms with E-state index in [-0.39, 0.29) is 5.56 Å². The van der Waals surface area contributed by atoms with Crippen molar-refractivity contribution in [2.24, 2.45) is 0 Å². The van der Waals surface area contributed by atoms with Gasteiger partial charge in [0, 0.05) is 16.6 Å². The van der Waals surface area contributed by atoms with Crippen LogP contribution >= 0.6 is 0 Å². The first-order valence-electron chi connectivity index (χ1n) is 9.14. The maximum atomic E-state index is 12.4. The molecular formula is C23H21N3O2. The summed E-state index contributed by atoms with van der Waals surface area (Å²) in [5.74, 6) is -0.992. The number of carboxylic acids is 1. The highest BCUT2D eigenvalue weighted by molar-refractivity contribution is 6.09. The molecule has 0 aliphatic rings. The molecule has 4 aromatic rings. The molecule has 0 amide bonds. The zero-order chi connectivity index (χ0) is 20.0. The summed E-state index contributed by atoms with van der Waals surface area (Å²) in [5.41, 5.74) is 6.65. The summed E-state index contributed by atoms with van der Waals surface area (Å²) in [6, 6.07) is 15.5. The number of carbonyl (C=O) groups is 1. The standard InChI is InChI=1S/C23H21N3O2/c1-13-8-10-17(11-9-13)21-22(26-16(4)12-15(3)25-26)19(23(27)28)18-7-5-6-14(2)20(18)24-21/h5-12H,1-4H3,(H,27,28). The van der Waals surface area contributed by atoms with Crippen molar-refractivity contribution in [1.29, 1.82) is 0 Å². The zero-order valence-corrected chi connectivity index (χ0v) is 16.3. The fourth-order valence-electron chi connectivity index (χ4n) is 3.61. The van der Waals surface area contributed by atoms with Gasteiger partial charge in [-0.25, -0.2) is 14.5 Å². The molecule has 1 N–H and O–H groups in total. The van der Waals surface area contributed by atoms with Crippen molar-refractivity contribution in [1.82, 2.24) is 14.8 Å². The van der Waals surface area contributed by atoms with Crippen molar-refractivity contribution >= 4 is 16.9 Å². The van der Waals surface area contributed by atoms with Crippen molar-refractivity contribution < 1.29 is 9.90 Å². The summed E-state index contributed by atoms with van der Waals surface area (Å²) in [6.07, 6.45) is 0. The molecule has 28 heavy (non-hydrogen) atoms. The molecule has 0 atom stereocenters. The Labute approximate surface area is 163 Å². The molecule has 0 radical (unpaired) electrons. The van der Waals surface area contributed by atoms with E-state index in [0.29, 0.717) is 22.3 Å². The number of hydrogen-bond acceptors (Lipinski definition) is 3. The third-order valence-electron chi connectivity index (χ3n) is 4.95. The first kappa shape index (κ1) is 17.9. The molecule has 140 valence electrons. The summed E-state index contributed by atoms with van der Waals surface area (Å²) in [7, 11) is 0. The molecule has 0 aliphatic heterocycles. The Kier molecular flexibility index (Phi) is 4.23. The minimum atomic E-state index is -0.992. The summed E-state index contributed by atoms with van der Waals surface area (Å²) in [4.78, 5) is 17.3. The molecule has 0 spiro atoms. The number of fused-ring (bicyclic) bond motifs is 1. The van der Waals surface area contributed by atoms with Gasteiger partial charge in [0.25, 0.3) is 0 Å². The second kappa shape index (κ2) is 6.60. The number of rotatable bonds is 3. The largest absolute Gasteiger partial charge is 0.478 e. The summed E-state index contributed by atoms with van der Waals surface area (Å²) >= 11 is 0. The van der Waals surface area contributed by atoms with Crippen LogP contribution in [0.1, 0.15) is 32.9 Å². The Balaban J connectivity index is 2.21. The Bertz CT molecular complexity index is 1220. The number of benzene rings is 2. The molecule has 0 saturated heterocycles. The van der Waals surface area contributed by atoms with E-state index < -0.39 is 5.97 Å². The van der Waals surface area contributed by atoms with Crippen LogP contribution in [-0.2, 0) is 0 Å². The van der Waals surface area contributed by atoms with E-state index in [1.165, 1.54) is 0 Å². The monoisotopic (exact) mass is 371 g/mol. The molecule has 2 aromatic carbocycles. The fourth-order valence-corrected chi connectivity index (χ4v) is 3.61. The van der Waals surface area contributed by atoms with Gasteiger partial charge >= 0.3 is 5.97 Å². The van der Waals surface area contributed by atoms with Gasteiger partial charge in [0.15, 0.2) is 0 Å². The van der Waals surface area contributed by atoms with Crippen molar-refractivity contribution in [3.63, 3.8) is 0 Å². The molecule has 5 heteroatoms. The van der Waals surface area contributed by atoms with E-state index in [2.05, 4.69) is 5.10 Å². The van der Waals surface area contributed by atoms with Crippen molar-refractivity contribution in [2.75, 3.05) is 0 Å². The lowest BCUT2D eigenvalue weighted by Crippen LogP contribution is -2.12. The molecule has 0 unspecified atom stereocenters. The third-order valence-corrected chi connectivity index (χ3v) is 4.95. The highest BCUT2D eigenvalue weighted by atomic mass is 16.4. The molecule has 0 saturated carbocycles. The fraction of sp³-hybridized carbons (Fsp3) is 0.174. The van der Waals surface area contributed by atoms with Crippen LogP contribution in [0.3, 0.4) is 0 Å². The maximum absolute atomic E-state index is 12.4. The van der Waals surface area contributed by atoms with Gasteiger partial charge in [-0.2, -0.15) is 5.10 Å². The lowest BCUT2D eigenvalue weighted by Gasteiger charge is -2.17. The molecular weight excluding hydrogens is 350 g/mol. The van der Waals surface area contributed by atoms with Gasteiger partial charge < -0.3 is 5.11 Å². The summed E-state index contributed by atoms with van der Waals surface area (Å²) in [6.45, 7) is 7.79. The highest BCUT2D eigenvalue weighted by Gasteiger charge is 2.25.